The molecule has 0 unspecified atom stereocenters. The predicted octanol–water partition coefficient (Wildman–Crippen LogP) is 4.09. The average Bonchev–Trinajstić information content (AvgIpc) is 3.35. The average molecular weight is 457 g/mol. The molecule has 4 aromatic rings. The molecule has 0 aliphatic carbocycles. The lowest BCUT2D eigenvalue weighted by molar-refractivity contribution is -0.119. The minimum atomic E-state index is -0.203. The van der Waals surface area contributed by atoms with Gasteiger partial charge in [0.2, 0.25) is 5.91 Å². The number of allylic oxidation sites excluding steroid dienone is 1. The van der Waals surface area contributed by atoms with Gasteiger partial charge in [-0.05, 0) is 45.3 Å². The van der Waals surface area contributed by atoms with E-state index in [9.17, 15) is 4.79 Å². The zero-order chi connectivity index (χ0) is 22.6. The number of nitrogens with one attached hydrogen (secondary N) is 1. The topological polar surface area (TPSA) is 75.9 Å². The van der Waals surface area contributed by atoms with Gasteiger partial charge in [0.1, 0.15) is 12.6 Å². The third-order valence-electron chi connectivity index (χ3n) is 5.50. The summed E-state index contributed by atoms with van der Waals surface area (Å²) >= 11 is 6.13. The van der Waals surface area contributed by atoms with Crippen LogP contribution in [0.25, 0.3) is 5.70 Å². The lowest BCUT2D eigenvalue weighted by atomic mass is 10.0. The van der Waals surface area contributed by atoms with Crippen LogP contribution in [0.3, 0.4) is 0 Å². The number of halogens is 1. The molecule has 33 heavy (non-hydrogen) atoms. The van der Waals surface area contributed by atoms with Crippen molar-refractivity contribution >= 4 is 29.2 Å². The van der Waals surface area contributed by atoms with Crippen molar-refractivity contribution in [2.24, 2.45) is 0 Å². The zero-order valence-corrected chi connectivity index (χ0v) is 18.4. The Morgan fingerprint density at radius 1 is 0.939 bits per heavy atom. The Balaban J connectivity index is 1.48. The van der Waals surface area contributed by atoms with Gasteiger partial charge < -0.3 is 5.32 Å². The molecule has 164 valence electrons. The number of carbonyl (C=O) groups excluding carboxylic acids is 1. The summed E-state index contributed by atoms with van der Waals surface area (Å²) in [5.41, 5.74) is 3.85. The molecule has 5 rings (SSSR count). The van der Waals surface area contributed by atoms with Gasteiger partial charge in [-0.25, -0.2) is 0 Å². The number of anilines is 1. The van der Waals surface area contributed by atoms with Crippen molar-refractivity contribution in [2.75, 3.05) is 11.4 Å². The van der Waals surface area contributed by atoms with Crippen molar-refractivity contribution in [1.82, 2.24) is 25.5 Å². The number of rotatable bonds is 6. The monoisotopic (exact) mass is 456 g/mol. The number of amides is 1. The van der Waals surface area contributed by atoms with Crippen LogP contribution in [0.4, 0.5) is 5.95 Å². The quantitative estimate of drug-likeness (QED) is 0.473. The molecule has 1 aromatic heterocycles. The fraction of sp³-hybridized carbons (Fsp3) is 0.120. The van der Waals surface area contributed by atoms with Crippen molar-refractivity contribution in [2.45, 2.75) is 12.6 Å². The molecule has 0 spiro atoms. The highest BCUT2D eigenvalue weighted by Gasteiger charge is 2.31. The molecule has 0 saturated carbocycles. The number of tetrazole rings is 1. The van der Waals surface area contributed by atoms with E-state index in [0.29, 0.717) is 17.5 Å². The molecule has 1 atom stereocenters. The molecule has 0 fully saturated rings. The first-order valence-corrected chi connectivity index (χ1v) is 11.0. The first kappa shape index (κ1) is 20.9. The van der Waals surface area contributed by atoms with Crippen LogP contribution in [0.2, 0.25) is 5.02 Å². The number of fused-ring (bicyclic) bond motifs is 1. The largest absolute Gasteiger partial charge is 0.350 e. The molecule has 1 aliphatic heterocycles. The SMILES string of the molecule is O=C(CN1C(c2ccc(Cl)cc2)=C[C@@H](c2ccccc2)n2nnnc21)NCc1ccccc1. The van der Waals surface area contributed by atoms with Crippen LogP contribution >= 0.6 is 11.6 Å². The minimum Gasteiger partial charge on any atom is -0.350 e. The van der Waals surface area contributed by atoms with E-state index in [1.807, 2.05) is 89.8 Å². The van der Waals surface area contributed by atoms with Crippen LogP contribution in [0.1, 0.15) is 22.7 Å². The first-order chi connectivity index (χ1) is 16.2. The summed E-state index contributed by atoms with van der Waals surface area (Å²) in [5, 5.41) is 16.0. The summed E-state index contributed by atoms with van der Waals surface area (Å²) in [6.07, 6.45) is 2.08. The minimum absolute atomic E-state index is 0.0726. The van der Waals surface area contributed by atoms with Crippen LogP contribution in [-0.4, -0.2) is 32.7 Å². The van der Waals surface area contributed by atoms with E-state index in [4.69, 9.17) is 11.6 Å². The standard InChI is InChI=1S/C25H21ClN6O/c26-21-13-11-20(12-14-21)22-15-23(19-9-5-2-6-10-19)32-25(28-29-30-32)31(22)17-24(33)27-16-18-7-3-1-4-8-18/h1-15,23H,16-17H2,(H,27,33)/t23-/m0/s1. The molecule has 3 aromatic carbocycles. The highest BCUT2D eigenvalue weighted by molar-refractivity contribution is 6.30. The highest BCUT2D eigenvalue weighted by atomic mass is 35.5. The Morgan fingerprint density at radius 3 is 2.36 bits per heavy atom. The lowest BCUT2D eigenvalue weighted by Crippen LogP contribution is -2.39. The maximum Gasteiger partial charge on any atom is 0.251 e. The van der Waals surface area contributed by atoms with E-state index in [0.717, 1.165) is 22.4 Å². The first-order valence-electron chi connectivity index (χ1n) is 10.6. The smallest absolute Gasteiger partial charge is 0.251 e. The molecule has 1 N–H and O–H groups in total. The van der Waals surface area contributed by atoms with Crippen molar-refractivity contribution in [3.8, 4) is 0 Å². The molecule has 7 nitrogen and oxygen atoms in total. The fourth-order valence-electron chi connectivity index (χ4n) is 3.88. The number of aromatic nitrogens is 4. The van der Waals surface area contributed by atoms with Gasteiger partial charge in [0.25, 0.3) is 5.95 Å². The normalized spacial score (nSPS) is 15.0. The van der Waals surface area contributed by atoms with Gasteiger partial charge in [0.05, 0.1) is 5.70 Å². The summed E-state index contributed by atoms with van der Waals surface area (Å²) in [5.74, 6) is 0.373. The summed E-state index contributed by atoms with van der Waals surface area (Å²) in [7, 11) is 0. The second-order valence-electron chi connectivity index (χ2n) is 7.69. The van der Waals surface area contributed by atoms with E-state index in [-0.39, 0.29) is 18.5 Å². The number of hydrogen-bond donors (Lipinski definition) is 1. The Bertz CT molecular complexity index is 1270. The van der Waals surface area contributed by atoms with Gasteiger partial charge in [0, 0.05) is 11.6 Å². The van der Waals surface area contributed by atoms with Gasteiger partial charge >= 0.3 is 0 Å². The van der Waals surface area contributed by atoms with Crippen LogP contribution in [-0.2, 0) is 11.3 Å². The molecule has 0 radical (unpaired) electrons. The van der Waals surface area contributed by atoms with Crippen molar-refractivity contribution in [3.63, 3.8) is 0 Å². The van der Waals surface area contributed by atoms with Crippen LogP contribution < -0.4 is 10.2 Å². The third-order valence-corrected chi connectivity index (χ3v) is 5.75. The predicted molar refractivity (Wildman–Crippen MR) is 127 cm³/mol. The van der Waals surface area contributed by atoms with E-state index < -0.39 is 0 Å². The van der Waals surface area contributed by atoms with E-state index in [1.54, 1.807) is 4.68 Å². The molecular formula is C25H21ClN6O. The molecule has 2 heterocycles. The highest BCUT2D eigenvalue weighted by Crippen LogP contribution is 2.36. The van der Waals surface area contributed by atoms with Gasteiger partial charge in [-0.3, -0.25) is 9.69 Å². The van der Waals surface area contributed by atoms with Crippen molar-refractivity contribution < 1.29 is 4.79 Å². The summed E-state index contributed by atoms with van der Waals surface area (Å²) in [6.45, 7) is 0.522. The Hall–Kier alpha value is -3.97. The third kappa shape index (κ3) is 4.49. The Morgan fingerprint density at radius 2 is 1.64 bits per heavy atom. The summed E-state index contributed by atoms with van der Waals surface area (Å²) in [6, 6.07) is 27.2. The van der Waals surface area contributed by atoms with Crippen LogP contribution in [0.15, 0.2) is 91.0 Å². The van der Waals surface area contributed by atoms with E-state index >= 15 is 0 Å². The molecular weight excluding hydrogens is 436 g/mol. The van der Waals surface area contributed by atoms with Gasteiger partial charge in [0.15, 0.2) is 0 Å². The number of carbonyl (C=O) groups is 1. The lowest BCUT2D eigenvalue weighted by Gasteiger charge is -2.32. The summed E-state index contributed by atoms with van der Waals surface area (Å²) in [4.78, 5) is 14.8. The maximum absolute atomic E-state index is 12.9. The van der Waals surface area contributed by atoms with E-state index in [1.165, 1.54) is 0 Å². The van der Waals surface area contributed by atoms with Gasteiger partial charge in [-0.15, -0.1) is 0 Å². The van der Waals surface area contributed by atoms with Crippen molar-refractivity contribution in [1.29, 1.82) is 0 Å². The molecule has 0 saturated heterocycles. The molecule has 0 bridgehead atoms. The van der Waals surface area contributed by atoms with Crippen LogP contribution in [0.5, 0.6) is 0 Å². The van der Waals surface area contributed by atoms with E-state index in [2.05, 4.69) is 26.9 Å². The number of nitrogens with zero attached hydrogens (tertiary/aromatic N) is 5. The van der Waals surface area contributed by atoms with Gasteiger partial charge in [-0.1, -0.05) is 89.5 Å². The zero-order valence-electron chi connectivity index (χ0n) is 17.7. The molecule has 1 amide bonds. The second kappa shape index (κ2) is 9.26. The van der Waals surface area contributed by atoms with Crippen LogP contribution in [0, 0.1) is 0 Å². The molecule has 1 aliphatic rings. The van der Waals surface area contributed by atoms with Crippen molar-refractivity contribution in [3.05, 3.63) is 113 Å². The second-order valence-corrected chi connectivity index (χ2v) is 8.12. The molecule has 8 heteroatoms. The number of benzene rings is 3. The Labute approximate surface area is 196 Å². The maximum atomic E-state index is 12.9. The summed E-state index contributed by atoms with van der Waals surface area (Å²) < 4.78 is 1.74. The fourth-order valence-corrected chi connectivity index (χ4v) is 4.00. The number of hydrogen-bond acceptors (Lipinski definition) is 5. The Kier molecular flexibility index (Phi) is 5.87. The van der Waals surface area contributed by atoms with Gasteiger partial charge in [-0.2, -0.15) is 4.68 Å².